The Balaban J connectivity index is 1.62. The van der Waals surface area contributed by atoms with Crippen LogP contribution in [0.4, 0.5) is 11.4 Å². The number of benzene rings is 2. The van der Waals surface area contributed by atoms with Crippen molar-refractivity contribution >= 4 is 23.2 Å². The molecule has 0 atom stereocenters. The van der Waals surface area contributed by atoms with Crippen molar-refractivity contribution in [3.8, 4) is 0 Å². The zero-order valence-corrected chi connectivity index (χ0v) is 15.9. The van der Waals surface area contributed by atoms with Gasteiger partial charge in [0.1, 0.15) is 0 Å². The lowest BCUT2D eigenvalue weighted by atomic mass is 10.1. The second-order valence-corrected chi connectivity index (χ2v) is 6.76. The molecule has 0 aliphatic carbocycles. The number of carbonyl (C=O) groups is 2. The van der Waals surface area contributed by atoms with Crippen LogP contribution in [0.5, 0.6) is 0 Å². The summed E-state index contributed by atoms with van der Waals surface area (Å²) in [7, 11) is 0. The van der Waals surface area contributed by atoms with Crippen molar-refractivity contribution in [1.82, 2.24) is 4.90 Å². The first-order chi connectivity index (χ1) is 13.2. The van der Waals surface area contributed by atoms with Gasteiger partial charge in [0.15, 0.2) is 0 Å². The fourth-order valence-electron chi connectivity index (χ4n) is 3.43. The van der Waals surface area contributed by atoms with Crippen molar-refractivity contribution in [2.24, 2.45) is 0 Å². The largest absolute Gasteiger partial charge is 0.376 e. The maximum Gasteiger partial charge on any atom is 0.253 e. The van der Waals surface area contributed by atoms with Crippen molar-refractivity contribution in [2.45, 2.75) is 26.2 Å². The smallest absolute Gasteiger partial charge is 0.253 e. The molecule has 5 heteroatoms. The highest BCUT2D eigenvalue weighted by Crippen LogP contribution is 2.17. The van der Waals surface area contributed by atoms with Gasteiger partial charge in [-0.2, -0.15) is 0 Å². The highest BCUT2D eigenvalue weighted by Gasteiger charge is 2.18. The van der Waals surface area contributed by atoms with Gasteiger partial charge in [-0.25, -0.2) is 0 Å². The minimum absolute atomic E-state index is 0.00328. The molecular formula is C22H27N3O2. The first-order valence-electron chi connectivity index (χ1n) is 9.67. The molecule has 0 saturated carbocycles. The number of rotatable bonds is 6. The van der Waals surface area contributed by atoms with E-state index in [2.05, 4.69) is 5.32 Å². The molecule has 0 bridgehead atoms. The van der Waals surface area contributed by atoms with Gasteiger partial charge >= 0.3 is 0 Å². The monoisotopic (exact) mass is 365 g/mol. The summed E-state index contributed by atoms with van der Waals surface area (Å²) in [6.45, 7) is 4.42. The third-order valence-corrected chi connectivity index (χ3v) is 4.88. The second kappa shape index (κ2) is 9.21. The molecule has 1 N–H and O–H groups in total. The van der Waals surface area contributed by atoms with E-state index in [0.717, 1.165) is 37.3 Å². The molecular weight excluding hydrogens is 338 g/mol. The van der Waals surface area contributed by atoms with Crippen molar-refractivity contribution in [3.63, 3.8) is 0 Å². The summed E-state index contributed by atoms with van der Waals surface area (Å²) >= 11 is 0. The number of likely N-dealkylation sites (tertiary alicyclic amines) is 1. The van der Waals surface area contributed by atoms with Gasteiger partial charge in [0.2, 0.25) is 5.91 Å². The Labute approximate surface area is 161 Å². The number of piperidine rings is 1. The molecule has 2 aromatic carbocycles. The number of para-hydroxylation sites is 1. The molecule has 1 aliphatic heterocycles. The maximum absolute atomic E-state index is 12.7. The molecule has 2 amide bonds. The molecule has 1 saturated heterocycles. The molecule has 27 heavy (non-hydrogen) atoms. The van der Waals surface area contributed by atoms with E-state index in [-0.39, 0.29) is 18.4 Å². The highest BCUT2D eigenvalue weighted by molar-refractivity contribution is 5.97. The lowest BCUT2D eigenvalue weighted by Gasteiger charge is -2.27. The summed E-state index contributed by atoms with van der Waals surface area (Å²) < 4.78 is 0. The summed E-state index contributed by atoms with van der Waals surface area (Å²) in [6, 6.07) is 17.1. The molecule has 1 fully saturated rings. The maximum atomic E-state index is 12.7. The van der Waals surface area contributed by atoms with E-state index in [4.69, 9.17) is 0 Å². The first kappa shape index (κ1) is 19.0. The van der Waals surface area contributed by atoms with E-state index in [1.807, 2.05) is 66.4 Å². The Morgan fingerprint density at radius 2 is 1.74 bits per heavy atom. The lowest BCUT2D eigenvalue weighted by Crippen LogP contribution is -2.36. The Kier molecular flexibility index (Phi) is 6.47. The summed E-state index contributed by atoms with van der Waals surface area (Å²) in [4.78, 5) is 28.9. The van der Waals surface area contributed by atoms with Crippen LogP contribution in [0, 0.1) is 0 Å². The van der Waals surface area contributed by atoms with Crippen LogP contribution in [0.1, 0.15) is 36.5 Å². The molecule has 1 aliphatic rings. The number of likely N-dealkylation sites (N-methyl/N-ethyl adjacent to an activating group) is 1. The van der Waals surface area contributed by atoms with E-state index in [0.29, 0.717) is 12.1 Å². The van der Waals surface area contributed by atoms with Gasteiger partial charge in [0, 0.05) is 36.6 Å². The quantitative estimate of drug-likeness (QED) is 0.848. The van der Waals surface area contributed by atoms with Crippen LogP contribution >= 0.6 is 0 Å². The summed E-state index contributed by atoms with van der Waals surface area (Å²) in [5, 5.41) is 3.17. The number of amides is 2. The van der Waals surface area contributed by atoms with E-state index in [1.165, 1.54) is 6.42 Å². The Bertz CT molecular complexity index is 770. The standard InChI is InChI=1S/C22H27N3O2/c1-2-25(20-12-5-3-6-13-20)21(26)17-23-19-11-9-10-18(16-19)22(27)24-14-7-4-8-15-24/h3,5-6,9-13,16,23H,2,4,7-8,14-15,17H2,1H3. The van der Waals surface area contributed by atoms with Crippen LogP contribution in [-0.2, 0) is 4.79 Å². The third kappa shape index (κ3) is 4.88. The van der Waals surface area contributed by atoms with Crippen LogP contribution in [0.2, 0.25) is 0 Å². The predicted octanol–water partition coefficient (Wildman–Crippen LogP) is 3.78. The number of hydrogen-bond donors (Lipinski definition) is 1. The minimum atomic E-state index is -0.00328. The van der Waals surface area contributed by atoms with Crippen molar-refractivity contribution in [3.05, 3.63) is 60.2 Å². The van der Waals surface area contributed by atoms with Crippen molar-refractivity contribution in [1.29, 1.82) is 0 Å². The highest BCUT2D eigenvalue weighted by atomic mass is 16.2. The van der Waals surface area contributed by atoms with E-state index in [9.17, 15) is 9.59 Å². The van der Waals surface area contributed by atoms with Crippen LogP contribution in [0.15, 0.2) is 54.6 Å². The van der Waals surface area contributed by atoms with Crippen molar-refractivity contribution < 1.29 is 9.59 Å². The topological polar surface area (TPSA) is 52.7 Å². The van der Waals surface area contributed by atoms with Crippen LogP contribution in [0.25, 0.3) is 0 Å². The number of nitrogens with one attached hydrogen (secondary N) is 1. The van der Waals surface area contributed by atoms with E-state index >= 15 is 0 Å². The second-order valence-electron chi connectivity index (χ2n) is 6.76. The number of anilines is 2. The molecule has 0 spiro atoms. The zero-order chi connectivity index (χ0) is 19.1. The molecule has 0 unspecified atom stereocenters. The average molecular weight is 365 g/mol. The third-order valence-electron chi connectivity index (χ3n) is 4.88. The van der Waals surface area contributed by atoms with Crippen molar-refractivity contribution in [2.75, 3.05) is 36.4 Å². The Morgan fingerprint density at radius 3 is 2.44 bits per heavy atom. The Hall–Kier alpha value is -2.82. The molecule has 2 aromatic rings. The lowest BCUT2D eigenvalue weighted by molar-refractivity contribution is -0.116. The van der Waals surface area contributed by atoms with Gasteiger partial charge in [-0.15, -0.1) is 0 Å². The molecule has 5 nitrogen and oxygen atoms in total. The fourth-order valence-corrected chi connectivity index (χ4v) is 3.43. The normalized spacial score (nSPS) is 13.9. The number of carbonyl (C=O) groups excluding carboxylic acids is 2. The molecule has 0 aromatic heterocycles. The number of hydrogen-bond acceptors (Lipinski definition) is 3. The van der Waals surface area contributed by atoms with E-state index < -0.39 is 0 Å². The molecule has 0 radical (unpaired) electrons. The minimum Gasteiger partial charge on any atom is -0.376 e. The van der Waals surface area contributed by atoms with Gasteiger partial charge in [0.05, 0.1) is 6.54 Å². The SMILES string of the molecule is CCN(C(=O)CNc1cccc(C(=O)N2CCCCC2)c1)c1ccccc1. The molecule has 3 rings (SSSR count). The van der Waals surface area contributed by atoms with Crippen LogP contribution in [-0.4, -0.2) is 42.9 Å². The average Bonchev–Trinajstić information content (AvgIpc) is 2.74. The molecule has 1 heterocycles. The summed E-state index contributed by atoms with van der Waals surface area (Å²) in [5.74, 6) is 0.0700. The van der Waals surface area contributed by atoms with Crippen LogP contribution in [0.3, 0.4) is 0 Å². The number of nitrogens with zero attached hydrogens (tertiary/aromatic N) is 2. The van der Waals surface area contributed by atoms with Gasteiger partial charge in [-0.3, -0.25) is 9.59 Å². The Morgan fingerprint density at radius 1 is 1.00 bits per heavy atom. The van der Waals surface area contributed by atoms with Gasteiger partial charge in [0.25, 0.3) is 5.91 Å². The van der Waals surface area contributed by atoms with E-state index in [1.54, 1.807) is 4.90 Å². The summed E-state index contributed by atoms with van der Waals surface area (Å²) in [6.07, 6.45) is 3.35. The van der Waals surface area contributed by atoms with Gasteiger partial charge < -0.3 is 15.1 Å². The zero-order valence-electron chi connectivity index (χ0n) is 15.9. The summed E-state index contributed by atoms with van der Waals surface area (Å²) in [5.41, 5.74) is 2.35. The first-order valence-corrected chi connectivity index (χ1v) is 9.67. The van der Waals surface area contributed by atoms with Crippen LogP contribution < -0.4 is 10.2 Å². The van der Waals surface area contributed by atoms with Gasteiger partial charge in [-0.1, -0.05) is 24.3 Å². The predicted molar refractivity (Wildman–Crippen MR) is 109 cm³/mol. The fraction of sp³-hybridized carbons (Fsp3) is 0.364. The molecule has 142 valence electrons. The van der Waals surface area contributed by atoms with Gasteiger partial charge in [-0.05, 0) is 56.5 Å².